The van der Waals surface area contributed by atoms with Gasteiger partial charge in [0.2, 0.25) is 0 Å². The molecule has 3 aromatic rings. The Hall–Kier alpha value is -2.69. The van der Waals surface area contributed by atoms with Crippen molar-refractivity contribution in [3.63, 3.8) is 0 Å². The smallest absolute Gasteiger partial charge is 0.132 e. The highest BCUT2D eigenvalue weighted by molar-refractivity contribution is 5.91. The summed E-state index contributed by atoms with van der Waals surface area (Å²) in [6.07, 6.45) is 5.79. The number of fused-ring (bicyclic) bond motifs is 1. The Morgan fingerprint density at radius 2 is 1.78 bits per heavy atom. The predicted molar refractivity (Wildman–Crippen MR) is 111 cm³/mol. The van der Waals surface area contributed by atoms with Crippen LogP contribution in [0.5, 0.6) is 0 Å². The van der Waals surface area contributed by atoms with Crippen LogP contribution in [0.3, 0.4) is 0 Å². The fourth-order valence-corrected chi connectivity index (χ4v) is 3.76. The first-order valence-electron chi connectivity index (χ1n) is 9.98. The fourth-order valence-electron chi connectivity index (χ4n) is 3.76. The summed E-state index contributed by atoms with van der Waals surface area (Å²) in [6, 6.07) is 13.2. The zero-order valence-electron chi connectivity index (χ0n) is 16.2. The van der Waals surface area contributed by atoms with E-state index in [1.165, 1.54) is 11.1 Å². The Labute approximate surface area is 160 Å². The van der Waals surface area contributed by atoms with Crippen molar-refractivity contribution >= 4 is 22.4 Å². The van der Waals surface area contributed by atoms with E-state index in [1.54, 1.807) is 6.33 Å². The van der Waals surface area contributed by atoms with Gasteiger partial charge in [-0.3, -0.25) is 4.98 Å². The van der Waals surface area contributed by atoms with Crippen molar-refractivity contribution in [2.75, 3.05) is 23.3 Å². The molecule has 1 aliphatic heterocycles. The van der Waals surface area contributed by atoms with Crippen LogP contribution in [0.1, 0.15) is 38.1 Å². The summed E-state index contributed by atoms with van der Waals surface area (Å²) in [7, 11) is 0. The van der Waals surface area contributed by atoms with Crippen LogP contribution >= 0.6 is 0 Å². The Morgan fingerprint density at radius 3 is 2.56 bits per heavy atom. The minimum atomic E-state index is 0.476. The van der Waals surface area contributed by atoms with Gasteiger partial charge in [0.1, 0.15) is 12.1 Å². The largest absolute Gasteiger partial charge is 0.382 e. The molecule has 0 bridgehead atoms. The molecule has 5 heteroatoms. The standard InChI is InChI=1S/C22H27N5/c1-3-16-14-22(24-15-23-16)27-11-9-18(10-12-27)26-21-13-17(4-2)25-20-8-6-5-7-19(20)21/h5-8,13-15,18H,3-4,9-12H2,1-2H3,(H,25,26). The van der Waals surface area contributed by atoms with Crippen LogP contribution in [-0.2, 0) is 12.8 Å². The van der Waals surface area contributed by atoms with Crippen molar-refractivity contribution in [1.82, 2.24) is 15.0 Å². The molecule has 1 N–H and O–H groups in total. The van der Waals surface area contributed by atoms with E-state index in [0.717, 1.165) is 61.5 Å². The fraction of sp³-hybridized carbons (Fsp3) is 0.409. The van der Waals surface area contributed by atoms with Crippen LogP contribution in [0.2, 0.25) is 0 Å². The molecule has 1 aliphatic rings. The van der Waals surface area contributed by atoms with Crippen LogP contribution in [0, 0.1) is 0 Å². The molecule has 140 valence electrons. The number of hydrogen-bond acceptors (Lipinski definition) is 5. The molecular formula is C22H27N5. The minimum Gasteiger partial charge on any atom is -0.382 e. The monoisotopic (exact) mass is 361 g/mol. The van der Waals surface area contributed by atoms with Gasteiger partial charge in [-0.1, -0.05) is 32.0 Å². The number of benzene rings is 1. The number of aromatic nitrogens is 3. The summed E-state index contributed by atoms with van der Waals surface area (Å²) < 4.78 is 0. The highest BCUT2D eigenvalue weighted by Crippen LogP contribution is 2.27. The molecule has 0 unspecified atom stereocenters. The summed E-state index contributed by atoms with van der Waals surface area (Å²) >= 11 is 0. The van der Waals surface area contributed by atoms with E-state index in [1.807, 2.05) is 0 Å². The summed E-state index contributed by atoms with van der Waals surface area (Å²) in [4.78, 5) is 15.9. The number of piperidine rings is 1. The first kappa shape index (κ1) is 17.7. The van der Waals surface area contributed by atoms with E-state index in [-0.39, 0.29) is 0 Å². The van der Waals surface area contributed by atoms with E-state index in [9.17, 15) is 0 Å². The molecular weight excluding hydrogens is 334 g/mol. The van der Waals surface area contributed by atoms with Gasteiger partial charge in [-0.15, -0.1) is 0 Å². The second-order valence-electron chi connectivity index (χ2n) is 7.16. The molecule has 0 radical (unpaired) electrons. The number of para-hydroxylation sites is 1. The zero-order chi connectivity index (χ0) is 18.6. The quantitative estimate of drug-likeness (QED) is 0.737. The summed E-state index contributed by atoms with van der Waals surface area (Å²) in [6.45, 7) is 6.32. The maximum Gasteiger partial charge on any atom is 0.132 e. The maximum atomic E-state index is 4.75. The summed E-state index contributed by atoms with van der Waals surface area (Å²) in [5, 5.41) is 5.00. The molecule has 0 aliphatic carbocycles. The molecule has 0 atom stereocenters. The highest BCUT2D eigenvalue weighted by Gasteiger charge is 2.21. The van der Waals surface area contributed by atoms with E-state index in [4.69, 9.17) is 4.98 Å². The van der Waals surface area contributed by atoms with Crippen molar-refractivity contribution in [3.05, 3.63) is 54.1 Å². The van der Waals surface area contributed by atoms with Gasteiger partial charge in [-0.05, 0) is 37.8 Å². The molecule has 1 fully saturated rings. The Balaban J connectivity index is 1.47. The molecule has 4 rings (SSSR count). The van der Waals surface area contributed by atoms with Crippen LogP contribution in [0.25, 0.3) is 10.9 Å². The number of nitrogens with one attached hydrogen (secondary N) is 1. The predicted octanol–water partition coefficient (Wildman–Crippen LogP) is 4.23. The number of aryl methyl sites for hydroxylation is 2. The van der Waals surface area contributed by atoms with Crippen molar-refractivity contribution in [3.8, 4) is 0 Å². The zero-order valence-corrected chi connectivity index (χ0v) is 16.2. The normalized spacial score (nSPS) is 15.3. The minimum absolute atomic E-state index is 0.476. The van der Waals surface area contributed by atoms with Gasteiger partial charge in [0.15, 0.2) is 0 Å². The van der Waals surface area contributed by atoms with Gasteiger partial charge < -0.3 is 10.2 Å². The van der Waals surface area contributed by atoms with Crippen molar-refractivity contribution in [2.24, 2.45) is 0 Å². The average molecular weight is 361 g/mol. The first-order chi connectivity index (χ1) is 13.3. The van der Waals surface area contributed by atoms with Gasteiger partial charge in [-0.2, -0.15) is 0 Å². The van der Waals surface area contributed by atoms with E-state index < -0.39 is 0 Å². The Morgan fingerprint density at radius 1 is 1.00 bits per heavy atom. The number of nitrogens with zero attached hydrogens (tertiary/aromatic N) is 4. The van der Waals surface area contributed by atoms with Gasteiger partial charge in [0.25, 0.3) is 0 Å². The number of hydrogen-bond donors (Lipinski definition) is 1. The van der Waals surface area contributed by atoms with Crippen LogP contribution < -0.4 is 10.2 Å². The lowest BCUT2D eigenvalue weighted by molar-refractivity contribution is 0.523. The van der Waals surface area contributed by atoms with Gasteiger partial charge in [0, 0.05) is 47.7 Å². The average Bonchev–Trinajstić information content (AvgIpc) is 2.74. The van der Waals surface area contributed by atoms with Crippen LogP contribution in [-0.4, -0.2) is 34.1 Å². The summed E-state index contributed by atoms with van der Waals surface area (Å²) in [5.74, 6) is 1.06. The molecule has 5 nitrogen and oxygen atoms in total. The number of rotatable bonds is 5. The van der Waals surface area contributed by atoms with Crippen molar-refractivity contribution in [1.29, 1.82) is 0 Å². The van der Waals surface area contributed by atoms with Crippen molar-refractivity contribution in [2.45, 2.75) is 45.6 Å². The topological polar surface area (TPSA) is 53.9 Å². The number of anilines is 2. The van der Waals surface area contributed by atoms with Crippen molar-refractivity contribution < 1.29 is 0 Å². The lowest BCUT2D eigenvalue weighted by Gasteiger charge is -2.34. The lowest BCUT2D eigenvalue weighted by Crippen LogP contribution is -2.39. The number of pyridine rings is 1. The van der Waals surface area contributed by atoms with E-state index >= 15 is 0 Å². The molecule has 0 spiro atoms. The van der Waals surface area contributed by atoms with E-state index in [2.05, 4.69) is 70.4 Å². The third kappa shape index (κ3) is 3.87. The van der Waals surface area contributed by atoms with Gasteiger partial charge in [-0.25, -0.2) is 9.97 Å². The van der Waals surface area contributed by atoms with Crippen LogP contribution in [0.15, 0.2) is 42.7 Å². The second-order valence-corrected chi connectivity index (χ2v) is 7.16. The molecule has 1 aromatic carbocycles. The molecule has 0 saturated carbocycles. The maximum absolute atomic E-state index is 4.75. The third-order valence-corrected chi connectivity index (χ3v) is 5.38. The van der Waals surface area contributed by atoms with Crippen LogP contribution in [0.4, 0.5) is 11.5 Å². The SMILES string of the molecule is CCc1cc(N2CCC(Nc3cc(CC)nc4ccccc34)CC2)ncn1. The molecule has 2 aromatic heterocycles. The molecule has 27 heavy (non-hydrogen) atoms. The van der Waals surface area contributed by atoms with Gasteiger partial charge in [0.05, 0.1) is 5.52 Å². The first-order valence-corrected chi connectivity index (χ1v) is 9.98. The van der Waals surface area contributed by atoms with Gasteiger partial charge >= 0.3 is 0 Å². The highest BCUT2D eigenvalue weighted by atomic mass is 15.2. The molecule has 1 saturated heterocycles. The molecule has 0 amide bonds. The lowest BCUT2D eigenvalue weighted by atomic mass is 10.0. The Kier molecular flexibility index (Phi) is 5.19. The molecule has 3 heterocycles. The summed E-state index contributed by atoms with van der Waals surface area (Å²) in [5.41, 5.74) is 4.54. The third-order valence-electron chi connectivity index (χ3n) is 5.38. The second kappa shape index (κ2) is 7.91. The Bertz CT molecular complexity index is 915. The van der Waals surface area contributed by atoms with E-state index in [0.29, 0.717) is 6.04 Å².